The van der Waals surface area contributed by atoms with E-state index < -0.39 is 11.6 Å². The molecule has 2 nitrogen and oxygen atoms in total. The number of allylic oxidation sites excluding steroid dienone is 2. The summed E-state index contributed by atoms with van der Waals surface area (Å²) in [6.07, 6.45) is 15.2. The van der Waals surface area contributed by atoms with E-state index >= 15 is 0 Å². The van der Waals surface area contributed by atoms with Crippen LogP contribution in [0.4, 0.5) is 8.78 Å². The lowest BCUT2D eigenvalue weighted by Gasteiger charge is -2.38. The molecule has 3 aromatic rings. The Balaban J connectivity index is 1.14. The Morgan fingerprint density at radius 1 is 0.800 bits per heavy atom. The standard InChI is InChI=1S/C36H42F2O2/c1-3-5-6-7-25-8-10-30(11-9-25)33-22-20-31(24-40-33)28-14-12-26(13-15-28)27-16-18-29(19-17-27)32-21-23-34(39-4-2)36(38)35(32)37/h3,5,12-19,21,23,25,30-31,33H,4,6-11,20,22,24H2,1-2H3. The molecule has 1 aliphatic carbocycles. The molecule has 1 saturated heterocycles. The van der Waals surface area contributed by atoms with E-state index in [0.717, 1.165) is 36.0 Å². The number of ether oxygens (including phenoxy) is 2. The molecule has 0 amide bonds. The molecule has 1 aliphatic heterocycles. The van der Waals surface area contributed by atoms with Crippen LogP contribution >= 0.6 is 0 Å². The Morgan fingerprint density at radius 2 is 1.48 bits per heavy atom. The van der Waals surface area contributed by atoms with E-state index in [4.69, 9.17) is 9.47 Å². The molecule has 0 N–H and O–H groups in total. The van der Waals surface area contributed by atoms with Crippen LogP contribution < -0.4 is 4.74 Å². The Morgan fingerprint density at radius 3 is 2.10 bits per heavy atom. The Bertz CT molecular complexity index is 1250. The molecule has 0 bridgehead atoms. The first-order valence-corrected chi connectivity index (χ1v) is 15.1. The van der Waals surface area contributed by atoms with E-state index in [-0.39, 0.29) is 17.9 Å². The van der Waals surface area contributed by atoms with Gasteiger partial charge in [0, 0.05) is 11.5 Å². The third-order valence-electron chi connectivity index (χ3n) is 8.96. The van der Waals surface area contributed by atoms with Gasteiger partial charge in [-0.2, -0.15) is 4.39 Å². The molecule has 2 fully saturated rings. The fourth-order valence-electron chi connectivity index (χ4n) is 6.57. The van der Waals surface area contributed by atoms with Crippen LogP contribution in [0.5, 0.6) is 5.75 Å². The van der Waals surface area contributed by atoms with Gasteiger partial charge in [0.05, 0.1) is 19.3 Å². The summed E-state index contributed by atoms with van der Waals surface area (Å²) in [5.41, 5.74) is 4.35. The van der Waals surface area contributed by atoms with Crippen molar-refractivity contribution >= 4 is 0 Å². The molecule has 2 atom stereocenters. The second-order valence-electron chi connectivity index (χ2n) is 11.4. The molecule has 1 heterocycles. The largest absolute Gasteiger partial charge is 0.491 e. The van der Waals surface area contributed by atoms with Crippen molar-refractivity contribution in [2.75, 3.05) is 13.2 Å². The van der Waals surface area contributed by atoms with E-state index in [9.17, 15) is 8.78 Å². The van der Waals surface area contributed by atoms with Gasteiger partial charge in [-0.25, -0.2) is 4.39 Å². The Kier molecular flexibility index (Phi) is 9.70. The van der Waals surface area contributed by atoms with Gasteiger partial charge in [0.15, 0.2) is 11.6 Å². The van der Waals surface area contributed by atoms with Crippen LogP contribution in [0, 0.1) is 23.5 Å². The van der Waals surface area contributed by atoms with Gasteiger partial charge in [0.1, 0.15) is 0 Å². The number of halogens is 2. The third-order valence-corrected chi connectivity index (χ3v) is 8.96. The van der Waals surface area contributed by atoms with Crippen LogP contribution in [0.3, 0.4) is 0 Å². The molecule has 0 spiro atoms. The maximum atomic E-state index is 14.6. The van der Waals surface area contributed by atoms with Gasteiger partial charge in [0.2, 0.25) is 5.82 Å². The summed E-state index contributed by atoms with van der Waals surface area (Å²) in [7, 11) is 0. The molecule has 5 rings (SSSR count). The molecule has 2 unspecified atom stereocenters. The van der Waals surface area contributed by atoms with Crippen molar-refractivity contribution in [1.29, 1.82) is 0 Å². The SMILES string of the molecule is CC=CCCC1CCC(C2CCC(c3ccc(-c4ccc(-c5ccc(OCC)c(F)c5F)cc4)cc3)CO2)CC1. The van der Waals surface area contributed by atoms with Crippen molar-refractivity contribution < 1.29 is 18.3 Å². The van der Waals surface area contributed by atoms with Gasteiger partial charge < -0.3 is 9.47 Å². The Labute approximate surface area is 238 Å². The second kappa shape index (κ2) is 13.6. The van der Waals surface area contributed by atoms with Gasteiger partial charge in [-0.05, 0) is 98.6 Å². The quantitative estimate of drug-likeness (QED) is 0.250. The first kappa shape index (κ1) is 28.5. The van der Waals surface area contributed by atoms with E-state index in [0.29, 0.717) is 17.6 Å². The van der Waals surface area contributed by atoms with Crippen LogP contribution in [-0.2, 0) is 4.74 Å². The zero-order chi connectivity index (χ0) is 27.9. The van der Waals surface area contributed by atoms with E-state index in [1.54, 1.807) is 13.0 Å². The summed E-state index contributed by atoms with van der Waals surface area (Å²) in [6, 6.07) is 19.4. The zero-order valence-corrected chi connectivity index (χ0v) is 23.9. The van der Waals surface area contributed by atoms with Crippen LogP contribution in [0.25, 0.3) is 22.3 Å². The van der Waals surface area contributed by atoms with Crippen molar-refractivity contribution in [2.24, 2.45) is 11.8 Å². The van der Waals surface area contributed by atoms with Gasteiger partial charge in [-0.3, -0.25) is 0 Å². The van der Waals surface area contributed by atoms with Crippen molar-refractivity contribution in [1.82, 2.24) is 0 Å². The molecule has 40 heavy (non-hydrogen) atoms. The average Bonchev–Trinajstić information content (AvgIpc) is 3.01. The number of hydrogen-bond donors (Lipinski definition) is 0. The van der Waals surface area contributed by atoms with Crippen LogP contribution in [0.1, 0.15) is 76.7 Å². The summed E-state index contributed by atoms with van der Waals surface area (Å²) in [5.74, 6) is 0.194. The lowest BCUT2D eigenvalue weighted by atomic mass is 9.75. The molecule has 212 valence electrons. The average molecular weight is 545 g/mol. The molecule has 1 saturated carbocycles. The summed E-state index contributed by atoms with van der Waals surface area (Å²) in [5, 5.41) is 0. The first-order valence-electron chi connectivity index (χ1n) is 15.1. The van der Waals surface area contributed by atoms with Crippen molar-refractivity contribution in [3.05, 3.63) is 90.0 Å². The number of hydrogen-bond acceptors (Lipinski definition) is 2. The topological polar surface area (TPSA) is 18.5 Å². The zero-order valence-electron chi connectivity index (χ0n) is 23.9. The van der Waals surface area contributed by atoms with Gasteiger partial charge in [0.25, 0.3) is 0 Å². The highest BCUT2D eigenvalue weighted by Gasteiger charge is 2.32. The maximum absolute atomic E-state index is 14.6. The van der Waals surface area contributed by atoms with Crippen molar-refractivity contribution in [2.45, 2.75) is 77.2 Å². The van der Waals surface area contributed by atoms with E-state index in [1.807, 2.05) is 24.3 Å². The predicted molar refractivity (Wildman–Crippen MR) is 160 cm³/mol. The minimum atomic E-state index is -0.944. The highest BCUT2D eigenvalue weighted by atomic mass is 19.2. The fourth-order valence-corrected chi connectivity index (χ4v) is 6.57. The summed E-state index contributed by atoms with van der Waals surface area (Å²) < 4.78 is 40.6. The molecular weight excluding hydrogens is 502 g/mol. The molecule has 0 radical (unpaired) electrons. The summed E-state index contributed by atoms with van der Waals surface area (Å²) in [4.78, 5) is 0. The molecule has 3 aromatic carbocycles. The third kappa shape index (κ3) is 6.66. The van der Waals surface area contributed by atoms with Crippen LogP contribution in [0.15, 0.2) is 72.8 Å². The lowest BCUT2D eigenvalue weighted by molar-refractivity contribution is -0.0435. The highest BCUT2D eigenvalue weighted by molar-refractivity contribution is 5.71. The second-order valence-corrected chi connectivity index (χ2v) is 11.4. The minimum absolute atomic E-state index is 0.0577. The van der Waals surface area contributed by atoms with E-state index in [1.165, 1.54) is 56.6 Å². The summed E-state index contributed by atoms with van der Waals surface area (Å²) in [6.45, 7) is 4.95. The van der Waals surface area contributed by atoms with Gasteiger partial charge in [-0.1, -0.05) is 73.5 Å². The molecule has 4 heteroatoms. The number of rotatable bonds is 9. The monoisotopic (exact) mass is 544 g/mol. The maximum Gasteiger partial charge on any atom is 0.201 e. The fraction of sp³-hybridized carbons (Fsp3) is 0.444. The predicted octanol–water partition coefficient (Wildman–Crippen LogP) is 10.1. The first-order chi connectivity index (χ1) is 19.6. The highest BCUT2D eigenvalue weighted by Crippen LogP contribution is 2.39. The van der Waals surface area contributed by atoms with E-state index in [2.05, 4.69) is 43.3 Å². The lowest BCUT2D eigenvalue weighted by Crippen LogP contribution is -2.33. The van der Waals surface area contributed by atoms with Crippen molar-refractivity contribution in [3.63, 3.8) is 0 Å². The van der Waals surface area contributed by atoms with Crippen LogP contribution in [0.2, 0.25) is 0 Å². The minimum Gasteiger partial charge on any atom is -0.491 e. The van der Waals surface area contributed by atoms with Gasteiger partial charge >= 0.3 is 0 Å². The number of benzene rings is 3. The molecule has 0 aromatic heterocycles. The Hall–Kier alpha value is -2.98. The van der Waals surface area contributed by atoms with Gasteiger partial charge in [-0.15, -0.1) is 0 Å². The molecular formula is C36H42F2O2. The van der Waals surface area contributed by atoms with Crippen molar-refractivity contribution in [3.8, 4) is 28.0 Å². The molecule has 2 aliphatic rings. The van der Waals surface area contributed by atoms with Crippen LogP contribution in [-0.4, -0.2) is 19.3 Å². The summed E-state index contributed by atoms with van der Waals surface area (Å²) >= 11 is 0. The normalized spacial score (nSPS) is 23.4. The smallest absolute Gasteiger partial charge is 0.201 e.